The highest BCUT2D eigenvalue weighted by atomic mass is 16.4. The molecule has 1 fully saturated rings. The summed E-state index contributed by atoms with van der Waals surface area (Å²) >= 11 is 0. The van der Waals surface area contributed by atoms with Crippen LogP contribution in [0.4, 0.5) is 0 Å². The smallest absolute Gasteiger partial charge is 0.255 e. The maximum absolute atomic E-state index is 14.0. The number of nitrogens with one attached hydrogen (secondary N) is 1. The Hall–Kier alpha value is -4.07. The molecular weight excluding hydrogens is 546 g/mol. The summed E-state index contributed by atoms with van der Waals surface area (Å²) in [6.45, 7) is 0.742. The molecule has 0 aliphatic heterocycles. The first kappa shape index (κ1) is 29.4. The minimum Gasteiger partial charge on any atom is -0.508 e. The number of primary amides is 1. The third-order valence-electron chi connectivity index (χ3n) is 8.59. The number of phenols is 1. The third kappa shape index (κ3) is 4.22. The summed E-state index contributed by atoms with van der Waals surface area (Å²) in [5.41, 5.74) is 1.81. The molecule has 3 aliphatic carbocycles. The summed E-state index contributed by atoms with van der Waals surface area (Å²) in [6, 6.07) is 11.2. The maximum atomic E-state index is 14.0. The number of hydrogen-bond donors (Lipinski definition) is 8. The number of hydrogen-bond acceptors (Lipinski definition) is 11. The van der Waals surface area contributed by atoms with Gasteiger partial charge >= 0.3 is 0 Å². The summed E-state index contributed by atoms with van der Waals surface area (Å²) in [5, 5.41) is 71.2. The molecule has 2 aromatic rings. The Balaban J connectivity index is 1.57. The number of rotatable bonds is 7. The Labute approximate surface area is 241 Å². The molecule has 9 N–H and O–H groups in total. The highest BCUT2D eigenvalue weighted by molar-refractivity contribution is 6.24. The molecule has 42 heavy (non-hydrogen) atoms. The molecule has 0 unspecified atom stereocenters. The van der Waals surface area contributed by atoms with E-state index in [9.17, 15) is 45.0 Å². The number of phenolic OH excluding ortho intramolecular Hbond substituents is 1. The van der Waals surface area contributed by atoms with E-state index in [1.54, 1.807) is 6.07 Å². The van der Waals surface area contributed by atoms with E-state index in [1.807, 2.05) is 30.3 Å². The van der Waals surface area contributed by atoms with Crippen LogP contribution in [0, 0.1) is 11.8 Å². The van der Waals surface area contributed by atoms with E-state index in [0.717, 1.165) is 12.0 Å². The fourth-order valence-corrected chi connectivity index (χ4v) is 6.57. The molecule has 0 saturated heterocycles. The molecule has 5 rings (SSSR count). The quantitative estimate of drug-likeness (QED) is 0.158. The van der Waals surface area contributed by atoms with Crippen molar-refractivity contribution < 1.29 is 45.0 Å². The fraction of sp³-hybridized carbons (Fsp3) is 0.367. The SMILES string of the molecule is CN(C)[C@@H]1C(=O)C(C(N)=O)=C(O)[C@@]2(O)C(=O)C3=C(O)c4c(ccc(CNCCc5ccccc5)c4O)[C@H](O)[C@H]3[C@H](O)[C@@H]12. The molecule has 2 aromatic carbocycles. The number of ketones is 2. The van der Waals surface area contributed by atoms with Gasteiger partial charge in [-0.25, -0.2) is 0 Å². The van der Waals surface area contributed by atoms with Crippen LogP contribution in [0.15, 0.2) is 59.4 Å². The lowest BCUT2D eigenvalue weighted by molar-refractivity contribution is -0.174. The molecule has 0 radical (unpaired) electrons. The van der Waals surface area contributed by atoms with Gasteiger partial charge in [-0.1, -0.05) is 42.5 Å². The Morgan fingerprint density at radius 3 is 2.33 bits per heavy atom. The molecule has 12 nitrogen and oxygen atoms in total. The predicted octanol–water partition coefficient (Wildman–Crippen LogP) is -0.242. The Morgan fingerprint density at radius 2 is 1.71 bits per heavy atom. The maximum Gasteiger partial charge on any atom is 0.255 e. The minimum atomic E-state index is -3.05. The molecule has 3 aliphatic rings. The molecule has 0 aromatic heterocycles. The minimum absolute atomic E-state index is 0.0187. The van der Waals surface area contributed by atoms with Crippen molar-refractivity contribution in [3.05, 3.63) is 81.6 Å². The van der Waals surface area contributed by atoms with Gasteiger partial charge in [0.25, 0.3) is 5.91 Å². The first-order valence-electron chi connectivity index (χ1n) is 13.4. The van der Waals surface area contributed by atoms with Gasteiger partial charge in [0.2, 0.25) is 5.78 Å². The van der Waals surface area contributed by atoms with Crippen LogP contribution in [0.3, 0.4) is 0 Å². The van der Waals surface area contributed by atoms with E-state index < -0.39 is 81.6 Å². The van der Waals surface area contributed by atoms with Crippen molar-refractivity contribution in [2.24, 2.45) is 17.6 Å². The Kier molecular flexibility index (Phi) is 7.46. The van der Waals surface area contributed by atoms with Crippen LogP contribution in [0.25, 0.3) is 5.76 Å². The number of likely N-dealkylation sites (N-methyl/N-ethyl adjacent to an activating group) is 1. The van der Waals surface area contributed by atoms with Crippen LogP contribution in [0.5, 0.6) is 5.75 Å². The van der Waals surface area contributed by atoms with Gasteiger partial charge in [-0.15, -0.1) is 0 Å². The standard InChI is InChI=1S/C30H33N3O9/c1-33(2)21-20-25(37)17-18(27(39)30(20,42)28(40)19(26(21)38)29(31)41)24(36)16-15(23(17)35)9-8-14(22(16)34)12-32-11-10-13-6-4-3-5-7-13/h3-9,17,20-21,23,25,32,34-37,40,42H,10-12H2,1-2H3,(H2,31,41)/t17-,20+,21-,23-,25-,30-/m0/s1. The van der Waals surface area contributed by atoms with Gasteiger partial charge in [0.15, 0.2) is 11.4 Å². The van der Waals surface area contributed by atoms with Gasteiger partial charge in [-0.3, -0.25) is 19.3 Å². The molecule has 0 bridgehead atoms. The number of Topliss-reactive ketones (excluding diaryl/α,β-unsaturated/α-hetero) is 2. The van der Waals surface area contributed by atoms with Crippen LogP contribution in [0.2, 0.25) is 0 Å². The Morgan fingerprint density at radius 1 is 1.05 bits per heavy atom. The third-order valence-corrected chi connectivity index (χ3v) is 8.59. The number of carbonyl (C=O) groups excluding carboxylic acids is 3. The second-order valence-electron chi connectivity index (χ2n) is 11.2. The second kappa shape index (κ2) is 10.6. The largest absolute Gasteiger partial charge is 0.508 e. The first-order valence-corrected chi connectivity index (χ1v) is 13.4. The molecule has 1 amide bonds. The summed E-state index contributed by atoms with van der Waals surface area (Å²) in [6.07, 6.45) is -2.81. The number of amides is 1. The summed E-state index contributed by atoms with van der Waals surface area (Å²) in [4.78, 5) is 40.5. The number of carbonyl (C=O) groups is 3. The van der Waals surface area contributed by atoms with Crippen molar-refractivity contribution in [3.8, 4) is 5.75 Å². The van der Waals surface area contributed by atoms with Gasteiger partial charge in [0, 0.05) is 23.6 Å². The van der Waals surface area contributed by atoms with Crippen LogP contribution < -0.4 is 11.1 Å². The lowest BCUT2D eigenvalue weighted by Gasteiger charge is -2.53. The molecular formula is C30H33N3O9. The van der Waals surface area contributed by atoms with Crippen molar-refractivity contribution in [3.63, 3.8) is 0 Å². The number of nitrogens with zero attached hydrogens (tertiary/aromatic N) is 1. The number of aliphatic hydroxyl groups excluding tert-OH is 4. The van der Waals surface area contributed by atoms with Gasteiger partial charge in [0.1, 0.15) is 22.8 Å². The summed E-state index contributed by atoms with van der Waals surface area (Å²) in [7, 11) is 2.81. The lowest BCUT2D eigenvalue weighted by Crippen LogP contribution is -2.70. The van der Waals surface area contributed by atoms with Crippen molar-refractivity contribution in [1.82, 2.24) is 10.2 Å². The Bertz CT molecular complexity index is 1530. The van der Waals surface area contributed by atoms with Gasteiger partial charge in [0.05, 0.1) is 29.7 Å². The molecule has 12 heteroatoms. The van der Waals surface area contributed by atoms with Crippen LogP contribution in [0.1, 0.15) is 28.4 Å². The van der Waals surface area contributed by atoms with Gasteiger partial charge in [-0.2, -0.15) is 0 Å². The van der Waals surface area contributed by atoms with Gasteiger partial charge in [-0.05, 0) is 38.2 Å². The van der Waals surface area contributed by atoms with Crippen molar-refractivity contribution in [1.29, 1.82) is 0 Å². The van der Waals surface area contributed by atoms with Crippen LogP contribution >= 0.6 is 0 Å². The number of benzene rings is 2. The van der Waals surface area contributed by atoms with E-state index in [4.69, 9.17) is 5.73 Å². The average Bonchev–Trinajstić information content (AvgIpc) is 2.94. The van der Waals surface area contributed by atoms with E-state index >= 15 is 0 Å². The molecule has 0 heterocycles. The van der Waals surface area contributed by atoms with E-state index in [2.05, 4.69) is 5.32 Å². The fourth-order valence-electron chi connectivity index (χ4n) is 6.57. The van der Waals surface area contributed by atoms with E-state index in [0.29, 0.717) is 12.1 Å². The molecule has 0 spiro atoms. The zero-order valence-corrected chi connectivity index (χ0v) is 23.0. The first-order chi connectivity index (χ1) is 19.8. The lowest BCUT2D eigenvalue weighted by atomic mass is 9.55. The topological polar surface area (TPSA) is 214 Å². The summed E-state index contributed by atoms with van der Waals surface area (Å²) < 4.78 is 0. The molecule has 6 atom stereocenters. The normalized spacial score (nSPS) is 29.0. The van der Waals surface area contributed by atoms with Crippen molar-refractivity contribution >= 4 is 23.2 Å². The van der Waals surface area contributed by atoms with Crippen LogP contribution in [-0.2, 0) is 27.3 Å². The zero-order valence-electron chi connectivity index (χ0n) is 23.0. The van der Waals surface area contributed by atoms with Crippen LogP contribution in [-0.4, -0.2) is 91.4 Å². The number of nitrogens with two attached hydrogens (primary N) is 1. The van der Waals surface area contributed by atoms with E-state index in [1.165, 1.54) is 25.1 Å². The average molecular weight is 580 g/mol. The summed E-state index contributed by atoms with van der Waals surface area (Å²) in [5.74, 6) is -9.62. The number of aliphatic hydroxyl groups is 5. The van der Waals surface area contributed by atoms with E-state index in [-0.39, 0.29) is 17.7 Å². The predicted molar refractivity (Wildman–Crippen MR) is 149 cm³/mol. The van der Waals surface area contributed by atoms with Crippen molar-refractivity contribution in [2.75, 3.05) is 20.6 Å². The monoisotopic (exact) mass is 579 g/mol. The van der Waals surface area contributed by atoms with Gasteiger partial charge < -0.3 is 41.7 Å². The number of aromatic hydroxyl groups is 1. The van der Waals surface area contributed by atoms with Crippen molar-refractivity contribution in [2.45, 2.75) is 36.8 Å². The molecule has 222 valence electrons. The highest BCUT2D eigenvalue weighted by Gasteiger charge is 2.68. The second-order valence-corrected chi connectivity index (χ2v) is 11.2. The molecule has 1 saturated carbocycles. The highest BCUT2D eigenvalue weighted by Crippen LogP contribution is 2.55. The number of fused-ring (bicyclic) bond motifs is 3. The zero-order chi connectivity index (χ0) is 30.7.